The lowest BCUT2D eigenvalue weighted by molar-refractivity contribution is 0.354. The van der Waals surface area contributed by atoms with Gasteiger partial charge in [-0.25, -0.2) is 0 Å². The van der Waals surface area contributed by atoms with E-state index in [0.29, 0.717) is 5.41 Å². The Balaban J connectivity index is 2.71. The van der Waals surface area contributed by atoms with Crippen molar-refractivity contribution in [2.45, 2.75) is 40.0 Å². The van der Waals surface area contributed by atoms with Gasteiger partial charge in [-0.1, -0.05) is 30.7 Å². The molecule has 1 atom stereocenters. The Morgan fingerprint density at radius 1 is 1.64 bits per heavy atom. The van der Waals surface area contributed by atoms with Crippen molar-refractivity contribution >= 4 is 0 Å². The zero-order valence-electron chi connectivity index (χ0n) is 7.91. The summed E-state index contributed by atoms with van der Waals surface area (Å²) >= 11 is 0. The fourth-order valence-corrected chi connectivity index (χ4v) is 1.46. The van der Waals surface area contributed by atoms with Crippen LogP contribution in [0.1, 0.15) is 40.0 Å². The van der Waals surface area contributed by atoms with Crippen molar-refractivity contribution in [2.24, 2.45) is 5.41 Å². The molecule has 0 radical (unpaired) electrons. The molecule has 0 amide bonds. The lowest BCUT2D eigenvalue weighted by Gasteiger charge is -2.32. The molecule has 1 aliphatic carbocycles. The molecule has 0 nitrogen and oxygen atoms in total. The van der Waals surface area contributed by atoms with Gasteiger partial charge in [0.05, 0.1) is 0 Å². The number of hydrogen-bond donors (Lipinski definition) is 0. The van der Waals surface area contributed by atoms with Crippen LogP contribution in [0.25, 0.3) is 0 Å². The summed E-state index contributed by atoms with van der Waals surface area (Å²) in [6, 6.07) is 0. The van der Waals surface area contributed by atoms with Crippen molar-refractivity contribution in [3.05, 3.63) is 23.8 Å². The van der Waals surface area contributed by atoms with Gasteiger partial charge in [-0.3, -0.25) is 0 Å². The fraction of sp³-hybridized carbons (Fsp3) is 0.636. The van der Waals surface area contributed by atoms with E-state index in [2.05, 4.69) is 33.4 Å². The van der Waals surface area contributed by atoms with Gasteiger partial charge in [0.25, 0.3) is 0 Å². The van der Waals surface area contributed by atoms with Crippen LogP contribution in [-0.4, -0.2) is 0 Å². The van der Waals surface area contributed by atoms with Crippen LogP contribution in [0.4, 0.5) is 0 Å². The molecule has 0 spiro atoms. The van der Waals surface area contributed by atoms with Gasteiger partial charge in [0.15, 0.2) is 0 Å². The van der Waals surface area contributed by atoms with E-state index in [1.54, 1.807) is 5.57 Å². The lowest BCUT2D eigenvalue weighted by atomic mass is 9.72. The first kappa shape index (κ1) is 8.58. The maximum Gasteiger partial charge on any atom is -0.00842 e. The highest BCUT2D eigenvalue weighted by molar-refractivity contribution is 5.15. The Morgan fingerprint density at radius 2 is 2.27 bits per heavy atom. The third-order valence-electron chi connectivity index (χ3n) is 3.00. The molecule has 1 rings (SSSR count). The predicted octanol–water partition coefficient (Wildman–Crippen LogP) is 3.70. The Morgan fingerprint density at radius 3 is 2.64 bits per heavy atom. The molecule has 0 N–H and O–H groups in total. The average Bonchev–Trinajstić information content (AvgIpc) is 1.95. The highest BCUT2D eigenvalue weighted by Gasteiger charge is 2.26. The Kier molecular flexibility index (Phi) is 2.22. The molecule has 0 aromatic rings. The number of allylic oxidation sites excluding steroid dienone is 3. The Bertz CT molecular complexity index is 198. The molecular weight excluding hydrogens is 132 g/mol. The number of hydrogen-bond acceptors (Lipinski definition) is 0. The minimum absolute atomic E-state index is 0.388. The van der Waals surface area contributed by atoms with Crippen LogP contribution < -0.4 is 0 Å². The van der Waals surface area contributed by atoms with Gasteiger partial charge < -0.3 is 0 Å². The highest BCUT2D eigenvalue weighted by Crippen LogP contribution is 2.39. The van der Waals surface area contributed by atoms with Crippen LogP contribution in [0.15, 0.2) is 23.8 Å². The maximum atomic E-state index is 4.05. The first-order valence-electron chi connectivity index (χ1n) is 4.36. The summed E-state index contributed by atoms with van der Waals surface area (Å²) in [7, 11) is 0. The molecule has 0 aliphatic heterocycles. The van der Waals surface area contributed by atoms with Crippen LogP contribution in [0.5, 0.6) is 0 Å². The van der Waals surface area contributed by atoms with Crippen molar-refractivity contribution in [1.82, 2.24) is 0 Å². The third-order valence-corrected chi connectivity index (χ3v) is 3.00. The third kappa shape index (κ3) is 1.74. The standard InChI is InChI=1S/C11H18/c1-9(2)11(4)7-5-10(3)6-8-11/h5H,1,6-8H2,2-4H3/t11-/m1/s1. The predicted molar refractivity (Wildman–Crippen MR) is 50.5 cm³/mol. The Labute approximate surface area is 70.0 Å². The zero-order valence-corrected chi connectivity index (χ0v) is 7.91. The summed E-state index contributed by atoms with van der Waals surface area (Å²) in [5.41, 5.74) is 3.27. The fourth-order valence-electron chi connectivity index (χ4n) is 1.46. The second-order valence-corrected chi connectivity index (χ2v) is 4.10. The molecule has 0 saturated heterocycles. The van der Waals surface area contributed by atoms with Crippen LogP contribution in [0.3, 0.4) is 0 Å². The van der Waals surface area contributed by atoms with Crippen molar-refractivity contribution < 1.29 is 0 Å². The van der Waals surface area contributed by atoms with Crippen molar-refractivity contribution in [1.29, 1.82) is 0 Å². The second kappa shape index (κ2) is 2.84. The van der Waals surface area contributed by atoms with Crippen LogP contribution in [-0.2, 0) is 0 Å². The van der Waals surface area contributed by atoms with E-state index >= 15 is 0 Å². The van der Waals surface area contributed by atoms with Gasteiger partial charge >= 0.3 is 0 Å². The monoisotopic (exact) mass is 150 g/mol. The summed E-state index contributed by atoms with van der Waals surface area (Å²) in [4.78, 5) is 0. The summed E-state index contributed by atoms with van der Waals surface area (Å²) in [6.45, 7) is 10.7. The molecule has 0 fully saturated rings. The van der Waals surface area contributed by atoms with Gasteiger partial charge in [-0.05, 0) is 38.5 Å². The van der Waals surface area contributed by atoms with Gasteiger partial charge in [0.2, 0.25) is 0 Å². The van der Waals surface area contributed by atoms with E-state index in [1.807, 2.05) is 0 Å². The summed E-state index contributed by atoms with van der Waals surface area (Å²) in [6.07, 6.45) is 6.08. The van der Waals surface area contributed by atoms with Gasteiger partial charge in [-0.15, -0.1) is 0 Å². The SMILES string of the molecule is C=C(C)[C@]1(C)CC=C(C)CC1. The molecule has 0 saturated carbocycles. The van der Waals surface area contributed by atoms with E-state index in [9.17, 15) is 0 Å². The summed E-state index contributed by atoms with van der Waals surface area (Å²) in [5, 5.41) is 0. The van der Waals surface area contributed by atoms with E-state index in [0.717, 1.165) is 0 Å². The first-order chi connectivity index (χ1) is 5.04. The smallest absolute Gasteiger partial charge is 0.00842 e. The quantitative estimate of drug-likeness (QED) is 0.500. The summed E-state index contributed by atoms with van der Waals surface area (Å²) < 4.78 is 0. The van der Waals surface area contributed by atoms with Gasteiger partial charge in [0.1, 0.15) is 0 Å². The number of rotatable bonds is 1. The van der Waals surface area contributed by atoms with E-state index in [4.69, 9.17) is 0 Å². The van der Waals surface area contributed by atoms with Crippen LogP contribution >= 0.6 is 0 Å². The average molecular weight is 150 g/mol. The first-order valence-corrected chi connectivity index (χ1v) is 4.36. The van der Waals surface area contributed by atoms with E-state index in [1.165, 1.54) is 24.8 Å². The van der Waals surface area contributed by atoms with E-state index < -0.39 is 0 Å². The minimum Gasteiger partial charge on any atom is -0.0996 e. The van der Waals surface area contributed by atoms with E-state index in [-0.39, 0.29) is 0 Å². The molecule has 11 heavy (non-hydrogen) atoms. The molecule has 1 aliphatic rings. The minimum atomic E-state index is 0.388. The molecule has 0 heterocycles. The van der Waals surface area contributed by atoms with Gasteiger partial charge in [0, 0.05) is 0 Å². The van der Waals surface area contributed by atoms with Crippen molar-refractivity contribution in [3.63, 3.8) is 0 Å². The largest absolute Gasteiger partial charge is 0.0996 e. The highest BCUT2D eigenvalue weighted by atomic mass is 14.3. The molecule has 0 heteroatoms. The topological polar surface area (TPSA) is 0 Å². The van der Waals surface area contributed by atoms with Crippen molar-refractivity contribution in [3.8, 4) is 0 Å². The van der Waals surface area contributed by atoms with Gasteiger partial charge in [-0.2, -0.15) is 0 Å². The molecular formula is C11H18. The van der Waals surface area contributed by atoms with Crippen molar-refractivity contribution in [2.75, 3.05) is 0 Å². The Hall–Kier alpha value is -0.520. The van der Waals surface area contributed by atoms with Crippen LogP contribution in [0, 0.1) is 5.41 Å². The second-order valence-electron chi connectivity index (χ2n) is 4.10. The normalized spacial score (nSPS) is 31.4. The molecule has 62 valence electrons. The molecule has 0 aromatic carbocycles. The molecule has 0 aromatic heterocycles. The molecule has 0 bridgehead atoms. The van der Waals surface area contributed by atoms with Crippen LogP contribution in [0.2, 0.25) is 0 Å². The zero-order chi connectivity index (χ0) is 8.48. The lowest BCUT2D eigenvalue weighted by Crippen LogP contribution is -2.19. The summed E-state index contributed by atoms with van der Waals surface area (Å²) in [5.74, 6) is 0. The maximum absolute atomic E-state index is 4.05. The molecule has 0 unspecified atom stereocenters.